The molecule has 1 heterocycles. The largest absolute Gasteiger partial charge is 0.465 e. The van der Waals surface area contributed by atoms with E-state index in [2.05, 4.69) is 17.2 Å². The molecule has 0 radical (unpaired) electrons. The molecule has 0 unspecified atom stereocenters. The maximum absolute atomic E-state index is 12.3. The second-order valence-corrected chi connectivity index (χ2v) is 5.80. The third-order valence-corrected chi connectivity index (χ3v) is 4.05. The van der Waals surface area contributed by atoms with Crippen molar-refractivity contribution < 1.29 is 19.1 Å². The van der Waals surface area contributed by atoms with Gasteiger partial charge in [0.1, 0.15) is 0 Å². The van der Waals surface area contributed by atoms with Crippen LogP contribution in [0, 0.1) is 6.92 Å². The lowest BCUT2D eigenvalue weighted by Crippen LogP contribution is -2.17. The average Bonchev–Trinajstić information content (AvgIpc) is 2.91. The number of benzene rings is 1. The number of aryl methyl sites for hydroxylation is 1. The van der Waals surface area contributed by atoms with E-state index in [4.69, 9.17) is 4.74 Å². The second kappa shape index (κ2) is 7.79. The van der Waals surface area contributed by atoms with Gasteiger partial charge in [-0.1, -0.05) is 19.1 Å². The summed E-state index contributed by atoms with van der Waals surface area (Å²) in [5.41, 5.74) is 3.28. The first-order valence-corrected chi connectivity index (χ1v) is 8.06. The Kier molecular flexibility index (Phi) is 5.75. The molecule has 2 rings (SSSR count). The Morgan fingerprint density at radius 1 is 1.16 bits per heavy atom. The maximum Gasteiger partial charge on any atom is 0.339 e. The number of ketones is 1. The van der Waals surface area contributed by atoms with Gasteiger partial charge in [-0.25, -0.2) is 4.79 Å². The van der Waals surface area contributed by atoms with Gasteiger partial charge in [0.05, 0.1) is 24.8 Å². The summed E-state index contributed by atoms with van der Waals surface area (Å²) in [6.07, 6.45) is 0.861. The smallest absolute Gasteiger partial charge is 0.339 e. The highest BCUT2D eigenvalue weighted by Gasteiger charge is 2.24. The SMILES string of the molecule is CCc1ccc(NC(=O)Cc2[nH]c(C(C)=O)c(C)c2C(=O)OC)cc1. The number of methoxy groups -OCH3 is 1. The molecule has 0 saturated carbocycles. The first kappa shape index (κ1) is 18.4. The number of carbonyl (C=O) groups excluding carboxylic acids is 3. The monoisotopic (exact) mass is 342 g/mol. The van der Waals surface area contributed by atoms with E-state index in [9.17, 15) is 14.4 Å². The summed E-state index contributed by atoms with van der Waals surface area (Å²) in [4.78, 5) is 38.9. The van der Waals surface area contributed by atoms with Crippen molar-refractivity contribution in [3.63, 3.8) is 0 Å². The molecule has 0 aliphatic heterocycles. The first-order chi connectivity index (χ1) is 11.9. The van der Waals surface area contributed by atoms with Crippen LogP contribution in [0.15, 0.2) is 24.3 Å². The van der Waals surface area contributed by atoms with Crippen molar-refractivity contribution in [2.45, 2.75) is 33.6 Å². The third-order valence-electron chi connectivity index (χ3n) is 4.05. The number of anilines is 1. The molecular weight excluding hydrogens is 320 g/mol. The zero-order valence-electron chi connectivity index (χ0n) is 14.9. The highest BCUT2D eigenvalue weighted by molar-refractivity contribution is 6.02. The maximum atomic E-state index is 12.3. The van der Waals surface area contributed by atoms with E-state index >= 15 is 0 Å². The van der Waals surface area contributed by atoms with Crippen LogP contribution in [0.3, 0.4) is 0 Å². The molecule has 25 heavy (non-hydrogen) atoms. The highest BCUT2D eigenvalue weighted by Crippen LogP contribution is 2.21. The van der Waals surface area contributed by atoms with Gasteiger partial charge < -0.3 is 15.0 Å². The number of hydrogen-bond acceptors (Lipinski definition) is 4. The van der Waals surface area contributed by atoms with Crippen LogP contribution in [0.25, 0.3) is 0 Å². The molecule has 0 saturated heterocycles. The first-order valence-electron chi connectivity index (χ1n) is 8.06. The number of ether oxygens (including phenoxy) is 1. The third kappa shape index (κ3) is 4.15. The second-order valence-electron chi connectivity index (χ2n) is 5.80. The zero-order valence-corrected chi connectivity index (χ0v) is 14.9. The highest BCUT2D eigenvalue weighted by atomic mass is 16.5. The van der Waals surface area contributed by atoms with Crippen molar-refractivity contribution >= 4 is 23.3 Å². The fourth-order valence-corrected chi connectivity index (χ4v) is 2.71. The minimum absolute atomic E-state index is 0.0614. The number of aromatic nitrogens is 1. The lowest BCUT2D eigenvalue weighted by molar-refractivity contribution is -0.115. The number of rotatable bonds is 6. The van der Waals surface area contributed by atoms with Crippen LogP contribution in [-0.2, 0) is 22.4 Å². The minimum atomic E-state index is -0.573. The Balaban J connectivity index is 2.22. The topological polar surface area (TPSA) is 88.3 Å². The molecule has 0 atom stereocenters. The predicted molar refractivity (Wildman–Crippen MR) is 95.0 cm³/mol. The van der Waals surface area contributed by atoms with E-state index in [1.807, 2.05) is 24.3 Å². The molecule has 0 aliphatic rings. The van der Waals surface area contributed by atoms with Crippen molar-refractivity contribution in [2.24, 2.45) is 0 Å². The Hall–Kier alpha value is -2.89. The van der Waals surface area contributed by atoms with E-state index in [0.29, 0.717) is 22.6 Å². The quantitative estimate of drug-likeness (QED) is 0.624. The number of Topliss-reactive ketones (excluding diaryl/α,β-unsaturated/α-hetero) is 1. The molecule has 6 heteroatoms. The molecule has 132 valence electrons. The van der Waals surface area contributed by atoms with Crippen LogP contribution >= 0.6 is 0 Å². The number of aromatic amines is 1. The van der Waals surface area contributed by atoms with E-state index < -0.39 is 5.97 Å². The Labute approximate surface area is 146 Å². The van der Waals surface area contributed by atoms with Gasteiger partial charge in [0.25, 0.3) is 0 Å². The van der Waals surface area contributed by atoms with Gasteiger partial charge in [-0.3, -0.25) is 9.59 Å². The van der Waals surface area contributed by atoms with Gasteiger partial charge in [0, 0.05) is 18.3 Å². The number of nitrogens with one attached hydrogen (secondary N) is 2. The standard InChI is InChI=1S/C19H22N2O4/c1-5-13-6-8-14(9-7-13)20-16(23)10-15-17(19(24)25-4)11(2)18(21-15)12(3)22/h6-9,21H,5,10H2,1-4H3,(H,20,23). The Morgan fingerprint density at radius 2 is 1.80 bits per heavy atom. The van der Waals surface area contributed by atoms with Crippen LogP contribution < -0.4 is 5.32 Å². The number of amides is 1. The van der Waals surface area contributed by atoms with E-state index in [1.165, 1.54) is 19.6 Å². The summed E-state index contributed by atoms with van der Waals surface area (Å²) in [5, 5.41) is 2.79. The van der Waals surface area contributed by atoms with Crippen molar-refractivity contribution in [3.8, 4) is 0 Å². The molecule has 2 N–H and O–H groups in total. The molecule has 6 nitrogen and oxygen atoms in total. The van der Waals surface area contributed by atoms with E-state index in [-0.39, 0.29) is 23.7 Å². The fourth-order valence-electron chi connectivity index (χ4n) is 2.71. The van der Waals surface area contributed by atoms with Crippen LogP contribution in [-0.4, -0.2) is 29.8 Å². The van der Waals surface area contributed by atoms with Crippen LogP contribution in [0.5, 0.6) is 0 Å². The van der Waals surface area contributed by atoms with Crippen LogP contribution in [0.4, 0.5) is 5.69 Å². The summed E-state index contributed by atoms with van der Waals surface area (Å²) in [6.45, 7) is 5.12. The number of esters is 1. The lowest BCUT2D eigenvalue weighted by Gasteiger charge is -2.07. The molecule has 1 amide bonds. The van der Waals surface area contributed by atoms with Gasteiger partial charge in [0.2, 0.25) is 5.91 Å². The molecule has 0 bridgehead atoms. The molecule has 1 aromatic carbocycles. The number of carbonyl (C=O) groups is 3. The lowest BCUT2D eigenvalue weighted by atomic mass is 10.1. The van der Waals surface area contributed by atoms with E-state index in [1.54, 1.807) is 6.92 Å². The van der Waals surface area contributed by atoms with Crippen molar-refractivity contribution in [3.05, 3.63) is 52.3 Å². The van der Waals surface area contributed by atoms with Crippen molar-refractivity contribution in [1.82, 2.24) is 4.98 Å². The summed E-state index contributed by atoms with van der Waals surface area (Å²) < 4.78 is 4.77. The van der Waals surface area contributed by atoms with E-state index in [0.717, 1.165) is 6.42 Å². The number of H-pyrrole nitrogens is 1. The summed E-state index contributed by atoms with van der Waals surface area (Å²) in [6, 6.07) is 7.56. The Morgan fingerprint density at radius 3 is 2.32 bits per heavy atom. The van der Waals surface area contributed by atoms with Gasteiger partial charge in [-0.2, -0.15) is 0 Å². The van der Waals surface area contributed by atoms with Gasteiger partial charge in [0.15, 0.2) is 5.78 Å². The predicted octanol–water partition coefficient (Wildman–Crippen LogP) is 3.06. The fraction of sp³-hybridized carbons (Fsp3) is 0.316. The minimum Gasteiger partial charge on any atom is -0.465 e. The Bertz CT molecular complexity index is 804. The van der Waals surface area contributed by atoms with Crippen molar-refractivity contribution in [1.29, 1.82) is 0 Å². The molecule has 1 aromatic heterocycles. The molecule has 0 aliphatic carbocycles. The molecule has 0 fully saturated rings. The molecular formula is C19H22N2O4. The molecule has 2 aromatic rings. The number of hydrogen-bond donors (Lipinski definition) is 2. The normalized spacial score (nSPS) is 10.4. The summed E-state index contributed by atoms with van der Waals surface area (Å²) in [7, 11) is 1.27. The van der Waals surface area contributed by atoms with Crippen LogP contribution in [0.2, 0.25) is 0 Å². The zero-order chi connectivity index (χ0) is 18.6. The summed E-state index contributed by atoms with van der Waals surface area (Å²) >= 11 is 0. The van der Waals surface area contributed by atoms with Gasteiger partial charge >= 0.3 is 5.97 Å². The van der Waals surface area contributed by atoms with Gasteiger partial charge in [-0.15, -0.1) is 0 Å². The molecule has 0 spiro atoms. The average molecular weight is 342 g/mol. The van der Waals surface area contributed by atoms with Crippen molar-refractivity contribution in [2.75, 3.05) is 12.4 Å². The summed E-state index contributed by atoms with van der Waals surface area (Å²) in [5.74, 6) is -1.06. The van der Waals surface area contributed by atoms with Crippen LogP contribution in [0.1, 0.15) is 51.5 Å². The van der Waals surface area contributed by atoms with Gasteiger partial charge in [-0.05, 0) is 36.6 Å².